The molecule has 0 radical (unpaired) electrons. The molecule has 3 rings (SSSR count). The van der Waals surface area contributed by atoms with Crippen LogP contribution in [0.1, 0.15) is 31.3 Å². The van der Waals surface area contributed by atoms with Crippen LogP contribution in [0.2, 0.25) is 0 Å². The summed E-state index contributed by atoms with van der Waals surface area (Å²) in [5, 5.41) is 22.0. The van der Waals surface area contributed by atoms with Crippen molar-refractivity contribution in [2.24, 2.45) is 0 Å². The normalized spacial score (nSPS) is 10.2. The molecule has 0 bridgehead atoms. The second-order valence-corrected chi connectivity index (χ2v) is 7.69. The van der Waals surface area contributed by atoms with E-state index in [1.165, 1.54) is 11.3 Å². The number of esters is 1. The van der Waals surface area contributed by atoms with E-state index >= 15 is 0 Å². The molecule has 1 aromatic heterocycles. The second-order valence-electron chi connectivity index (χ2n) is 6.75. The summed E-state index contributed by atoms with van der Waals surface area (Å²) in [6.07, 6.45) is 0.357. The van der Waals surface area contributed by atoms with Crippen molar-refractivity contribution in [1.29, 1.82) is 0 Å². The van der Waals surface area contributed by atoms with Gasteiger partial charge in [-0.25, -0.2) is 4.79 Å². The lowest BCUT2D eigenvalue weighted by atomic mass is 10.1. The van der Waals surface area contributed by atoms with Crippen LogP contribution in [0.3, 0.4) is 0 Å². The van der Waals surface area contributed by atoms with Crippen LogP contribution < -0.4 is 17.0 Å². The lowest BCUT2D eigenvalue weighted by Crippen LogP contribution is -3.00. The van der Waals surface area contributed by atoms with Crippen LogP contribution in [0.15, 0.2) is 54.0 Å². The summed E-state index contributed by atoms with van der Waals surface area (Å²) in [6.45, 7) is 2.00. The van der Waals surface area contributed by atoms with Crippen LogP contribution in [0.4, 0.5) is 11.4 Å². The van der Waals surface area contributed by atoms with Crippen molar-refractivity contribution in [3.8, 4) is 0 Å². The minimum Gasteiger partial charge on any atom is -1.00 e. The van der Waals surface area contributed by atoms with E-state index in [1.807, 2.05) is 23.1 Å². The van der Waals surface area contributed by atoms with E-state index in [9.17, 15) is 29.8 Å². The van der Waals surface area contributed by atoms with Gasteiger partial charge >= 0.3 is 5.97 Å². The number of nitro benzene ring substituents is 2. The van der Waals surface area contributed by atoms with E-state index < -0.39 is 27.2 Å². The average Bonchev–Trinajstić information content (AvgIpc) is 3.12. The average molecular weight is 492 g/mol. The van der Waals surface area contributed by atoms with Crippen LogP contribution in [0, 0.1) is 27.2 Å². The number of carbonyl (C=O) groups excluding carboxylic acids is 2. The quantitative estimate of drug-likeness (QED) is 0.139. The number of nitrogens with zero attached hydrogens (tertiary/aromatic N) is 3. The summed E-state index contributed by atoms with van der Waals surface area (Å²) < 4.78 is 6.97. The molecular formula is C21H18ClN3O7S. The standard InChI is InChI=1S/C21H18N3O7S.ClH/c1-14-20(32-13-22(14)12-19(25)15-5-3-2-4-6-15)9-10-31-21(26)17-8-7-16(23(27)28)11-18(17)24(29)30;/h2-8,11,13H,9-10,12H2,1H3;1H/q+1;/p-1. The molecule has 0 atom stereocenters. The zero-order valence-corrected chi connectivity index (χ0v) is 18.9. The van der Waals surface area contributed by atoms with Crippen molar-refractivity contribution < 1.29 is 41.1 Å². The number of nitro groups is 2. The zero-order chi connectivity index (χ0) is 23.3. The number of rotatable bonds is 9. The molecule has 172 valence electrons. The predicted molar refractivity (Wildman–Crippen MR) is 114 cm³/mol. The number of ketones is 1. The van der Waals surface area contributed by atoms with Crippen LogP contribution in [-0.2, 0) is 17.7 Å². The highest BCUT2D eigenvalue weighted by Crippen LogP contribution is 2.25. The van der Waals surface area contributed by atoms with Crippen LogP contribution in [0.5, 0.6) is 0 Å². The van der Waals surface area contributed by atoms with E-state index in [2.05, 4.69) is 0 Å². The minimum absolute atomic E-state index is 0. The molecule has 0 N–H and O–H groups in total. The Morgan fingerprint density at radius 2 is 1.76 bits per heavy atom. The highest BCUT2D eigenvalue weighted by Gasteiger charge is 2.25. The first kappa shape index (κ1) is 25.6. The van der Waals surface area contributed by atoms with Gasteiger partial charge in [0.1, 0.15) is 5.56 Å². The zero-order valence-electron chi connectivity index (χ0n) is 17.3. The van der Waals surface area contributed by atoms with Crippen molar-refractivity contribution >= 4 is 34.5 Å². The Labute approximate surface area is 198 Å². The van der Waals surface area contributed by atoms with Crippen molar-refractivity contribution in [2.75, 3.05) is 6.61 Å². The van der Waals surface area contributed by atoms with E-state index in [4.69, 9.17) is 4.74 Å². The SMILES string of the molecule is Cc1c(CCOC(=O)c2ccc([N+](=O)[O-])cc2[N+](=O)[O-])sc[n+]1CC(=O)c1ccccc1.[Cl-]. The smallest absolute Gasteiger partial charge is 0.345 e. The van der Waals surface area contributed by atoms with Crippen molar-refractivity contribution in [3.63, 3.8) is 0 Å². The molecule has 0 amide bonds. The molecule has 0 fully saturated rings. The lowest BCUT2D eigenvalue weighted by molar-refractivity contribution is -0.684. The number of non-ortho nitro benzene ring substituents is 1. The summed E-state index contributed by atoms with van der Waals surface area (Å²) in [5.41, 5.74) is 1.76. The molecule has 12 heteroatoms. The van der Waals surface area contributed by atoms with Gasteiger partial charge in [0.15, 0.2) is 5.69 Å². The van der Waals surface area contributed by atoms with Crippen molar-refractivity contribution in [3.05, 3.63) is 96.0 Å². The van der Waals surface area contributed by atoms with E-state index in [0.717, 1.165) is 28.8 Å². The maximum absolute atomic E-state index is 12.4. The topological polar surface area (TPSA) is 134 Å². The number of hydrogen-bond donors (Lipinski definition) is 0. The monoisotopic (exact) mass is 491 g/mol. The van der Waals surface area contributed by atoms with Gasteiger partial charge in [0.05, 0.1) is 27.4 Å². The Balaban J connectivity index is 0.00000385. The van der Waals surface area contributed by atoms with Crippen LogP contribution >= 0.6 is 11.3 Å². The van der Waals surface area contributed by atoms with Crippen molar-refractivity contribution in [2.45, 2.75) is 19.9 Å². The molecule has 1 heterocycles. The minimum atomic E-state index is -0.937. The molecule has 0 aliphatic heterocycles. The molecule has 0 aliphatic rings. The van der Waals surface area contributed by atoms with Crippen LogP contribution in [0.25, 0.3) is 0 Å². The first-order valence-corrected chi connectivity index (χ1v) is 10.3. The number of hydrogen-bond acceptors (Lipinski definition) is 8. The third-order valence-corrected chi connectivity index (χ3v) is 5.88. The Hall–Kier alpha value is -3.70. The predicted octanol–water partition coefficient (Wildman–Crippen LogP) is 0.447. The first-order chi connectivity index (χ1) is 15.3. The fourth-order valence-electron chi connectivity index (χ4n) is 2.99. The van der Waals surface area contributed by atoms with Gasteiger partial charge in [0.2, 0.25) is 17.8 Å². The Morgan fingerprint density at radius 3 is 2.39 bits per heavy atom. The summed E-state index contributed by atoms with van der Waals surface area (Å²) in [5.74, 6) is -0.965. The number of carbonyl (C=O) groups is 2. The summed E-state index contributed by atoms with van der Waals surface area (Å²) in [7, 11) is 0. The van der Waals surface area contributed by atoms with Gasteiger partial charge in [-0.1, -0.05) is 41.7 Å². The van der Waals surface area contributed by atoms with E-state index in [0.29, 0.717) is 12.0 Å². The molecule has 33 heavy (non-hydrogen) atoms. The molecule has 10 nitrogen and oxygen atoms in total. The molecule has 0 unspecified atom stereocenters. The van der Waals surface area contributed by atoms with Gasteiger partial charge in [-0.15, -0.1) is 0 Å². The maximum atomic E-state index is 12.4. The molecule has 0 spiro atoms. The fourth-order valence-corrected chi connectivity index (χ4v) is 3.97. The Bertz CT molecular complexity index is 1200. The molecule has 0 saturated heterocycles. The highest BCUT2D eigenvalue weighted by atomic mass is 35.5. The van der Waals surface area contributed by atoms with Gasteiger partial charge in [-0.2, -0.15) is 4.57 Å². The number of halogens is 1. The number of aromatic nitrogens is 1. The summed E-state index contributed by atoms with van der Waals surface area (Å²) in [6, 6.07) is 11.7. The Kier molecular flexibility index (Phi) is 8.71. The molecule has 0 aliphatic carbocycles. The van der Waals surface area contributed by atoms with Gasteiger partial charge in [0.25, 0.3) is 11.4 Å². The van der Waals surface area contributed by atoms with Gasteiger partial charge in [-0.3, -0.25) is 25.0 Å². The number of benzene rings is 2. The third-order valence-electron chi connectivity index (χ3n) is 4.74. The lowest BCUT2D eigenvalue weighted by Gasteiger charge is -2.05. The number of Topliss-reactive ketones (excluding diaryl/α,β-unsaturated/α-hetero) is 1. The summed E-state index contributed by atoms with van der Waals surface area (Å²) in [4.78, 5) is 45.9. The first-order valence-electron chi connectivity index (χ1n) is 9.42. The Morgan fingerprint density at radius 1 is 1.06 bits per heavy atom. The number of thiazole rings is 1. The van der Waals surface area contributed by atoms with Gasteiger partial charge in [-0.05, 0) is 6.07 Å². The largest absolute Gasteiger partial charge is 1.00 e. The fraction of sp³-hybridized carbons (Fsp3) is 0.190. The summed E-state index contributed by atoms with van der Waals surface area (Å²) >= 11 is 1.41. The van der Waals surface area contributed by atoms with E-state index in [-0.39, 0.29) is 36.9 Å². The van der Waals surface area contributed by atoms with Crippen molar-refractivity contribution in [1.82, 2.24) is 0 Å². The second kappa shape index (κ2) is 11.2. The molecule has 2 aromatic carbocycles. The maximum Gasteiger partial charge on any atom is 0.345 e. The van der Waals surface area contributed by atoms with E-state index in [1.54, 1.807) is 24.3 Å². The van der Waals surface area contributed by atoms with Gasteiger partial charge in [0, 0.05) is 25.0 Å². The highest BCUT2D eigenvalue weighted by molar-refractivity contribution is 7.09. The molecule has 3 aromatic rings. The third kappa shape index (κ3) is 6.18. The van der Waals surface area contributed by atoms with Crippen LogP contribution in [-0.4, -0.2) is 28.2 Å². The van der Waals surface area contributed by atoms with Gasteiger partial charge < -0.3 is 17.1 Å². The number of ether oxygens (including phenoxy) is 1. The molecule has 0 saturated carbocycles. The molecular weight excluding hydrogens is 474 g/mol.